The van der Waals surface area contributed by atoms with Crippen LogP contribution in [-0.2, 0) is 18.0 Å². The fraction of sp³-hybridized carbons (Fsp3) is 0.103. The van der Waals surface area contributed by atoms with E-state index in [2.05, 4.69) is 26.5 Å². The Morgan fingerprint density at radius 3 is 2.08 bits per heavy atom. The van der Waals surface area contributed by atoms with Crippen LogP contribution >= 0.6 is 15.9 Å². The maximum atomic E-state index is 12.1. The fourth-order valence-corrected chi connectivity index (χ4v) is 3.45. The molecule has 0 heterocycles. The zero-order valence-corrected chi connectivity index (χ0v) is 21.1. The second kappa shape index (κ2) is 13.1. The SMILES string of the molecule is O=C(COc1ccc(OCc2ccccc2)cc1)N/N=C\c1ccccc1OCc1ccc(Br)cc1. The Morgan fingerprint density at radius 1 is 0.722 bits per heavy atom. The molecular weight excluding hydrogens is 520 g/mol. The minimum Gasteiger partial charge on any atom is -0.489 e. The van der Waals surface area contributed by atoms with E-state index < -0.39 is 0 Å². The summed E-state index contributed by atoms with van der Waals surface area (Å²) in [5, 5.41) is 4.04. The van der Waals surface area contributed by atoms with Crippen molar-refractivity contribution in [3.63, 3.8) is 0 Å². The highest BCUT2D eigenvalue weighted by Gasteiger charge is 2.04. The minimum atomic E-state index is -0.371. The number of halogens is 1. The number of carbonyl (C=O) groups excluding carboxylic acids is 1. The Hall–Kier alpha value is -4.10. The largest absolute Gasteiger partial charge is 0.489 e. The summed E-state index contributed by atoms with van der Waals surface area (Å²) < 4.78 is 18.2. The number of rotatable bonds is 11. The molecule has 1 N–H and O–H groups in total. The Balaban J connectivity index is 1.21. The Kier molecular flexibility index (Phi) is 9.11. The normalized spacial score (nSPS) is 10.7. The number of ether oxygens (including phenoxy) is 3. The molecular formula is C29H25BrN2O4. The minimum absolute atomic E-state index is 0.163. The third-order valence-corrected chi connectivity index (χ3v) is 5.59. The molecule has 0 fully saturated rings. The van der Waals surface area contributed by atoms with Gasteiger partial charge in [-0.15, -0.1) is 0 Å². The molecule has 0 aliphatic rings. The van der Waals surface area contributed by atoms with Crippen molar-refractivity contribution in [2.45, 2.75) is 13.2 Å². The summed E-state index contributed by atoms with van der Waals surface area (Å²) in [6.45, 7) is 0.748. The lowest BCUT2D eigenvalue weighted by molar-refractivity contribution is -0.123. The van der Waals surface area contributed by atoms with Gasteiger partial charge < -0.3 is 14.2 Å². The third-order valence-electron chi connectivity index (χ3n) is 5.06. The lowest BCUT2D eigenvalue weighted by Crippen LogP contribution is -2.24. The van der Waals surface area contributed by atoms with E-state index in [4.69, 9.17) is 14.2 Å². The first kappa shape index (κ1) is 25.0. The molecule has 182 valence electrons. The number of nitrogens with one attached hydrogen (secondary N) is 1. The Labute approximate surface area is 218 Å². The van der Waals surface area contributed by atoms with Gasteiger partial charge in [-0.25, -0.2) is 5.43 Å². The fourth-order valence-electron chi connectivity index (χ4n) is 3.19. The van der Waals surface area contributed by atoms with Crippen molar-refractivity contribution < 1.29 is 19.0 Å². The summed E-state index contributed by atoms with van der Waals surface area (Å²) in [7, 11) is 0. The predicted octanol–water partition coefficient (Wildman–Crippen LogP) is 6.14. The first-order valence-corrected chi connectivity index (χ1v) is 12.1. The highest BCUT2D eigenvalue weighted by atomic mass is 79.9. The molecule has 0 unspecified atom stereocenters. The predicted molar refractivity (Wildman–Crippen MR) is 143 cm³/mol. The summed E-state index contributed by atoms with van der Waals surface area (Å²) in [4.78, 5) is 12.1. The molecule has 0 saturated heterocycles. The maximum absolute atomic E-state index is 12.1. The van der Waals surface area contributed by atoms with Crippen LogP contribution in [0.2, 0.25) is 0 Å². The molecule has 4 rings (SSSR count). The van der Waals surface area contributed by atoms with Gasteiger partial charge in [-0.3, -0.25) is 4.79 Å². The van der Waals surface area contributed by atoms with Crippen LogP contribution in [0.5, 0.6) is 17.2 Å². The average molecular weight is 545 g/mol. The molecule has 4 aromatic carbocycles. The van der Waals surface area contributed by atoms with Gasteiger partial charge in [0, 0.05) is 10.0 Å². The third kappa shape index (κ3) is 7.99. The zero-order chi connectivity index (χ0) is 25.0. The van der Waals surface area contributed by atoms with Gasteiger partial charge in [-0.2, -0.15) is 5.10 Å². The Morgan fingerprint density at radius 2 is 1.33 bits per heavy atom. The number of benzene rings is 4. The Bertz CT molecular complexity index is 1280. The van der Waals surface area contributed by atoms with Gasteiger partial charge >= 0.3 is 0 Å². The van der Waals surface area contributed by atoms with E-state index in [1.54, 1.807) is 30.5 Å². The first-order chi connectivity index (χ1) is 17.7. The monoisotopic (exact) mass is 544 g/mol. The first-order valence-electron chi connectivity index (χ1n) is 11.3. The van der Waals surface area contributed by atoms with Crippen LogP contribution in [0, 0.1) is 0 Å². The van der Waals surface area contributed by atoms with Crippen molar-refractivity contribution in [3.8, 4) is 17.2 Å². The van der Waals surface area contributed by atoms with Gasteiger partial charge in [0.2, 0.25) is 0 Å². The average Bonchev–Trinajstić information content (AvgIpc) is 2.92. The van der Waals surface area contributed by atoms with Crippen LogP contribution in [0.3, 0.4) is 0 Å². The molecule has 1 amide bonds. The molecule has 0 spiro atoms. The molecule has 0 atom stereocenters. The van der Waals surface area contributed by atoms with Gasteiger partial charge in [0.25, 0.3) is 5.91 Å². The summed E-state index contributed by atoms with van der Waals surface area (Å²) in [6.07, 6.45) is 1.55. The van der Waals surface area contributed by atoms with E-state index in [-0.39, 0.29) is 12.5 Å². The van der Waals surface area contributed by atoms with E-state index in [1.165, 1.54) is 0 Å². The van der Waals surface area contributed by atoms with E-state index in [0.29, 0.717) is 24.7 Å². The van der Waals surface area contributed by atoms with E-state index >= 15 is 0 Å². The molecule has 0 aliphatic heterocycles. The van der Waals surface area contributed by atoms with Gasteiger partial charge in [-0.05, 0) is 59.7 Å². The molecule has 7 heteroatoms. The number of nitrogens with zero attached hydrogens (tertiary/aromatic N) is 1. The standard InChI is InChI=1S/C29H25BrN2O4/c30-25-12-10-23(11-13-25)20-36-28-9-5-4-8-24(28)18-31-32-29(33)21-35-27-16-14-26(15-17-27)34-19-22-6-2-1-3-7-22/h1-18H,19-21H2,(H,32,33)/b31-18-. The molecule has 0 aromatic heterocycles. The quantitative estimate of drug-likeness (QED) is 0.182. The molecule has 4 aromatic rings. The highest BCUT2D eigenvalue weighted by molar-refractivity contribution is 9.10. The highest BCUT2D eigenvalue weighted by Crippen LogP contribution is 2.20. The van der Waals surface area contributed by atoms with Gasteiger partial charge in [-0.1, -0.05) is 70.5 Å². The zero-order valence-electron chi connectivity index (χ0n) is 19.5. The number of hydrogen-bond donors (Lipinski definition) is 1. The van der Waals surface area contributed by atoms with Crippen LogP contribution < -0.4 is 19.6 Å². The van der Waals surface area contributed by atoms with Crippen LogP contribution in [0.4, 0.5) is 0 Å². The van der Waals surface area contributed by atoms with E-state index in [0.717, 1.165) is 26.9 Å². The maximum Gasteiger partial charge on any atom is 0.277 e. The summed E-state index contributed by atoms with van der Waals surface area (Å²) in [6, 6.07) is 32.5. The summed E-state index contributed by atoms with van der Waals surface area (Å²) in [5.74, 6) is 1.59. The summed E-state index contributed by atoms with van der Waals surface area (Å²) in [5.41, 5.74) is 5.37. The molecule has 0 saturated carbocycles. The lowest BCUT2D eigenvalue weighted by Gasteiger charge is -2.09. The summed E-state index contributed by atoms with van der Waals surface area (Å²) >= 11 is 3.43. The molecule has 36 heavy (non-hydrogen) atoms. The molecule has 6 nitrogen and oxygen atoms in total. The van der Waals surface area contributed by atoms with Crippen LogP contribution in [0.1, 0.15) is 16.7 Å². The number of hydrogen-bond acceptors (Lipinski definition) is 5. The van der Waals surface area contributed by atoms with Crippen LogP contribution in [0.15, 0.2) is 113 Å². The number of carbonyl (C=O) groups is 1. The number of para-hydroxylation sites is 1. The van der Waals surface area contributed by atoms with Crippen molar-refractivity contribution in [2.24, 2.45) is 5.10 Å². The lowest BCUT2D eigenvalue weighted by atomic mass is 10.2. The van der Waals surface area contributed by atoms with Crippen LogP contribution in [0.25, 0.3) is 0 Å². The topological polar surface area (TPSA) is 69.2 Å². The molecule has 0 bridgehead atoms. The number of amides is 1. The number of hydrazone groups is 1. The van der Waals surface area contributed by atoms with Gasteiger partial charge in [0.1, 0.15) is 30.5 Å². The van der Waals surface area contributed by atoms with Crippen molar-refractivity contribution in [1.82, 2.24) is 5.43 Å². The van der Waals surface area contributed by atoms with E-state index in [1.807, 2.05) is 78.9 Å². The van der Waals surface area contributed by atoms with Crippen LogP contribution in [-0.4, -0.2) is 18.7 Å². The van der Waals surface area contributed by atoms with Crippen molar-refractivity contribution in [1.29, 1.82) is 0 Å². The van der Waals surface area contributed by atoms with E-state index in [9.17, 15) is 4.79 Å². The van der Waals surface area contributed by atoms with Crippen molar-refractivity contribution in [2.75, 3.05) is 6.61 Å². The van der Waals surface area contributed by atoms with Crippen molar-refractivity contribution >= 4 is 28.1 Å². The second-order valence-corrected chi connectivity index (χ2v) is 8.70. The second-order valence-electron chi connectivity index (χ2n) is 7.78. The van der Waals surface area contributed by atoms with Gasteiger partial charge in [0.15, 0.2) is 6.61 Å². The van der Waals surface area contributed by atoms with Gasteiger partial charge in [0.05, 0.1) is 6.21 Å². The molecule has 0 aliphatic carbocycles. The van der Waals surface area contributed by atoms with Crippen molar-refractivity contribution in [3.05, 3.63) is 124 Å². The molecule has 0 radical (unpaired) electrons. The smallest absolute Gasteiger partial charge is 0.277 e.